The summed E-state index contributed by atoms with van der Waals surface area (Å²) in [6.07, 6.45) is 0. The number of amides is 3. The lowest BCUT2D eigenvalue weighted by atomic mass is 10.1. The Kier molecular flexibility index (Phi) is 7.33. The summed E-state index contributed by atoms with van der Waals surface area (Å²) in [6, 6.07) is 16.1. The Morgan fingerprint density at radius 2 is 1.75 bits per heavy atom. The normalized spacial score (nSPS) is 10.5. The van der Waals surface area contributed by atoms with Gasteiger partial charge >= 0.3 is 6.03 Å². The molecular weight excluding hydrogens is 410 g/mol. The number of urea groups is 1. The number of rotatable bonds is 9. The van der Waals surface area contributed by atoms with Gasteiger partial charge in [0.25, 0.3) is 5.91 Å². The molecule has 0 atom stereocenters. The maximum absolute atomic E-state index is 12.7. The topological polar surface area (TPSA) is 112 Å². The molecule has 1 aromatic heterocycles. The molecule has 0 radical (unpaired) electrons. The average Bonchev–Trinajstić information content (AvgIpc) is 3.26. The fourth-order valence-corrected chi connectivity index (χ4v) is 3.02. The number of nitrogens with one attached hydrogen (secondary N) is 1. The fourth-order valence-electron chi connectivity index (χ4n) is 3.02. The number of primary amides is 1. The quantitative estimate of drug-likeness (QED) is 0.500. The first-order valence-electron chi connectivity index (χ1n) is 10.2. The van der Waals surface area contributed by atoms with Crippen LogP contribution < -0.4 is 20.5 Å². The highest BCUT2D eigenvalue weighted by molar-refractivity contribution is 5.93. The van der Waals surface area contributed by atoms with Crippen molar-refractivity contribution in [1.29, 1.82) is 0 Å². The SMILES string of the molecule is CCN(C)C(=O)c1cc(-c2ccc(OCCNC(N)=O)cc2)n(-c2ccc(OC)cc2)n1. The summed E-state index contributed by atoms with van der Waals surface area (Å²) in [5.41, 5.74) is 7.84. The lowest BCUT2D eigenvalue weighted by Crippen LogP contribution is -2.32. The maximum atomic E-state index is 12.7. The highest BCUT2D eigenvalue weighted by Gasteiger charge is 2.19. The van der Waals surface area contributed by atoms with E-state index in [1.807, 2.05) is 55.5 Å². The van der Waals surface area contributed by atoms with Crippen molar-refractivity contribution >= 4 is 11.9 Å². The van der Waals surface area contributed by atoms with Crippen molar-refractivity contribution in [3.05, 3.63) is 60.3 Å². The molecule has 3 rings (SSSR count). The summed E-state index contributed by atoms with van der Waals surface area (Å²) < 4.78 is 12.6. The zero-order valence-electron chi connectivity index (χ0n) is 18.4. The molecule has 0 saturated heterocycles. The Hall–Kier alpha value is -4.01. The van der Waals surface area contributed by atoms with E-state index in [0.717, 1.165) is 22.7 Å². The van der Waals surface area contributed by atoms with Gasteiger partial charge in [-0.15, -0.1) is 0 Å². The van der Waals surface area contributed by atoms with Gasteiger partial charge in [0, 0.05) is 19.2 Å². The van der Waals surface area contributed by atoms with Gasteiger partial charge in [0.2, 0.25) is 0 Å². The molecule has 0 aliphatic rings. The molecule has 0 aliphatic carbocycles. The van der Waals surface area contributed by atoms with E-state index in [1.54, 1.807) is 29.8 Å². The average molecular weight is 438 g/mol. The van der Waals surface area contributed by atoms with E-state index in [1.165, 1.54) is 0 Å². The van der Waals surface area contributed by atoms with Crippen LogP contribution >= 0.6 is 0 Å². The van der Waals surface area contributed by atoms with Gasteiger partial charge in [-0.25, -0.2) is 9.48 Å². The second-order valence-electron chi connectivity index (χ2n) is 7.01. The summed E-state index contributed by atoms with van der Waals surface area (Å²) >= 11 is 0. The van der Waals surface area contributed by atoms with Crippen molar-refractivity contribution in [3.63, 3.8) is 0 Å². The van der Waals surface area contributed by atoms with Crippen molar-refractivity contribution in [2.45, 2.75) is 6.92 Å². The minimum atomic E-state index is -0.588. The first kappa shape index (κ1) is 22.7. The summed E-state index contributed by atoms with van der Waals surface area (Å²) in [6.45, 7) is 3.11. The maximum Gasteiger partial charge on any atom is 0.312 e. The van der Waals surface area contributed by atoms with Gasteiger partial charge in [-0.05, 0) is 61.5 Å². The number of hydrogen-bond donors (Lipinski definition) is 2. The van der Waals surface area contributed by atoms with E-state index >= 15 is 0 Å². The van der Waals surface area contributed by atoms with Crippen LogP contribution in [0.3, 0.4) is 0 Å². The Morgan fingerprint density at radius 1 is 1.09 bits per heavy atom. The van der Waals surface area contributed by atoms with E-state index < -0.39 is 6.03 Å². The zero-order chi connectivity index (χ0) is 23.1. The molecule has 9 nitrogen and oxygen atoms in total. The number of nitrogens with zero attached hydrogens (tertiary/aromatic N) is 3. The Labute approximate surface area is 186 Å². The predicted octanol–water partition coefficient (Wildman–Crippen LogP) is 2.69. The number of carbonyl (C=O) groups is 2. The highest BCUT2D eigenvalue weighted by Crippen LogP contribution is 2.27. The summed E-state index contributed by atoms with van der Waals surface area (Å²) in [7, 11) is 3.35. The second-order valence-corrected chi connectivity index (χ2v) is 7.01. The molecular formula is C23H27N5O4. The molecule has 0 saturated carbocycles. The lowest BCUT2D eigenvalue weighted by molar-refractivity contribution is 0.0796. The van der Waals surface area contributed by atoms with Crippen LogP contribution in [0.1, 0.15) is 17.4 Å². The van der Waals surface area contributed by atoms with Gasteiger partial charge in [-0.1, -0.05) is 0 Å². The minimum absolute atomic E-state index is 0.150. The highest BCUT2D eigenvalue weighted by atomic mass is 16.5. The molecule has 2 aromatic carbocycles. The van der Waals surface area contributed by atoms with Crippen LogP contribution in [0.15, 0.2) is 54.6 Å². The molecule has 9 heteroatoms. The van der Waals surface area contributed by atoms with Crippen LogP contribution in [0.5, 0.6) is 11.5 Å². The number of benzene rings is 2. The van der Waals surface area contributed by atoms with Crippen LogP contribution in [-0.4, -0.2) is 60.5 Å². The number of nitrogens with two attached hydrogens (primary N) is 1. The summed E-state index contributed by atoms with van der Waals surface area (Å²) in [5.74, 6) is 1.23. The van der Waals surface area contributed by atoms with Gasteiger partial charge < -0.3 is 25.4 Å². The number of methoxy groups -OCH3 is 1. The zero-order valence-corrected chi connectivity index (χ0v) is 18.4. The first-order chi connectivity index (χ1) is 15.4. The number of carbonyl (C=O) groups excluding carboxylic acids is 2. The van der Waals surface area contributed by atoms with Crippen LogP contribution in [0.2, 0.25) is 0 Å². The fraction of sp³-hybridized carbons (Fsp3) is 0.261. The molecule has 0 spiro atoms. The Balaban J connectivity index is 1.90. The molecule has 3 aromatic rings. The number of hydrogen-bond acceptors (Lipinski definition) is 5. The molecule has 0 bridgehead atoms. The van der Waals surface area contributed by atoms with Crippen LogP contribution in [0, 0.1) is 0 Å². The van der Waals surface area contributed by atoms with E-state index in [-0.39, 0.29) is 5.91 Å². The van der Waals surface area contributed by atoms with Gasteiger partial charge in [0.15, 0.2) is 5.69 Å². The van der Waals surface area contributed by atoms with E-state index in [2.05, 4.69) is 10.4 Å². The molecule has 0 fully saturated rings. The predicted molar refractivity (Wildman–Crippen MR) is 121 cm³/mol. The third-order valence-electron chi connectivity index (χ3n) is 4.89. The van der Waals surface area contributed by atoms with E-state index in [0.29, 0.717) is 31.1 Å². The molecule has 3 amide bonds. The van der Waals surface area contributed by atoms with Gasteiger partial charge in [-0.2, -0.15) is 5.10 Å². The number of ether oxygens (including phenoxy) is 2. The standard InChI is InChI=1S/C23H27N5O4/c1-4-27(2)22(29)20-15-21(28(26-20)17-7-11-18(31-3)12-8-17)16-5-9-19(10-6-16)32-14-13-25-23(24)30/h5-12,15H,4,13-14H2,1-3H3,(H3,24,25,30). The molecule has 0 unspecified atom stereocenters. The Bertz CT molecular complexity index is 1060. The van der Waals surface area contributed by atoms with Gasteiger partial charge in [0.1, 0.15) is 18.1 Å². The van der Waals surface area contributed by atoms with Gasteiger partial charge in [0.05, 0.1) is 25.0 Å². The van der Waals surface area contributed by atoms with E-state index in [9.17, 15) is 9.59 Å². The monoisotopic (exact) mass is 437 g/mol. The molecule has 1 heterocycles. The second kappa shape index (κ2) is 10.3. The van der Waals surface area contributed by atoms with Crippen LogP contribution in [0.25, 0.3) is 16.9 Å². The Morgan fingerprint density at radius 3 is 2.34 bits per heavy atom. The molecule has 168 valence electrons. The van der Waals surface area contributed by atoms with Crippen molar-refractivity contribution in [3.8, 4) is 28.4 Å². The molecule has 0 aliphatic heterocycles. The first-order valence-corrected chi connectivity index (χ1v) is 10.2. The minimum Gasteiger partial charge on any atom is -0.497 e. The third kappa shape index (κ3) is 5.37. The van der Waals surface area contributed by atoms with Gasteiger partial charge in [-0.3, -0.25) is 4.79 Å². The summed E-state index contributed by atoms with van der Waals surface area (Å²) in [4.78, 5) is 25.1. The lowest BCUT2D eigenvalue weighted by Gasteiger charge is -2.12. The van der Waals surface area contributed by atoms with Crippen molar-refractivity contribution in [2.75, 3.05) is 33.9 Å². The third-order valence-corrected chi connectivity index (χ3v) is 4.89. The van der Waals surface area contributed by atoms with E-state index in [4.69, 9.17) is 15.2 Å². The smallest absolute Gasteiger partial charge is 0.312 e. The molecule has 3 N–H and O–H groups in total. The molecule has 32 heavy (non-hydrogen) atoms. The van der Waals surface area contributed by atoms with Crippen LogP contribution in [-0.2, 0) is 0 Å². The largest absolute Gasteiger partial charge is 0.497 e. The van der Waals surface area contributed by atoms with Crippen molar-refractivity contribution in [1.82, 2.24) is 20.0 Å². The van der Waals surface area contributed by atoms with Crippen molar-refractivity contribution < 1.29 is 19.1 Å². The summed E-state index contributed by atoms with van der Waals surface area (Å²) in [5, 5.41) is 7.05. The number of aromatic nitrogens is 2. The van der Waals surface area contributed by atoms with Crippen LogP contribution in [0.4, 0.5) is 4.79 Å². The van der Waals surface area contributed by atoms with Crippen molar-refractivity contribution in [2.24, 2.45) is 5.73 Å².